The third-order valence-electron chi connectivity index (χ3n) is 4.54. The predicted octanol–water partition coefficient (Wildman–Crippen LogP) is 4.35. The number of ether oxygens (including phenoxy) is 1. The fourth-order valence-electron chi connectivity index (χ4n) is 3.13. The minimum Gasteiger partial charge on any atom is -0.448 e. The van der Waals surface area contributed by atoms with Gasteiger partial charge in [0, 0.05) is 18.1 Å². The first-order valence-electron chi connectivity index (χ1n) is 8.75. The van der Waals surface area contributed by atoms with E-state index in [9.17, 15) is 23.1 Å². The van der Waals surface area contributed by atoms with Crippen molar-refractivity contribution in [3.05, 3.63) is 70.9 Å². The van der Waals surface area contributed by atoms with Crippen molar-refractivity contribution in [2.75, 3.05) is 0 Å². The summed E-state index contributed by atoms with van der Waals surface area (Å²) >= 11 is 0. The van der Waals surface area contributed by atoms with Crippen LogP contribution < -0.4 is 10.1 Å². The highest BCUT2D eigenvalue weighted by Gasteiger charge is 2.62. The van der Waals surface area contributed by atoms with Crippen LogP contribution in [-0.4, -0.2) is 23.0 Å². The zero-order valence-corrected chi connectivity index (χ0v) is 15.6. The Morgan fingerprint density at radius 3 is 2.32 bits per heavy atom. The number of aliphatic hydroxyl groups is 1. The Bertz CT molecular complexity index is 936. The summed E-state index contributed by atoms with van der Waals surface area (Å²) < 4.78 is 46.8. The highest BCUT2D eigenvalue weighted by atomic mass is 19.4. The number of carbonyl (C=O) groups is 1. The van der Waals surface area contributed by atoms with E-state index < -0.39 is 23.6 Å². The second kappa shape index (κ2) is 6.98. The maximum absolute atomic E-state index is 13.9. The van der Waals surface area contributed by atoms with Crippen LogP contribution in [-0.2, 0) is 4.79 Å². The molecule has 1 heterocycles. The van der Waals surface area contributed by atoms with Crippen LogP contribution in [0.25, 0.3) is 5.57 Å². The van der Waals surface area contributed by atoms with E-state index in [1.807, 2.05) is 13.8 Å². The first-order valence-corrected chi connectivity index (χ1v) is 8.75. The second-order valence-corrected chi connectivity index (χ2v) is 6.95. The Kier molecular flexibility index (Phi) is 4.97. The third-order valence-corrected chi connectivity index (χ3v) is 4.54. The average molecular weight is 391 g/mol. The summed E-state index contributed by atoms with van der Waals surface area (Å²) in [4.78, 5) is 11.7. The number of hydrogen-bond donors (Lipinski definition) is 2. The summed E-state index contributed by atoms with van der Waals surface area (Å²) in [6, 6.07) is 13.2. The lowest BCUT2D eigenvalue weighted by Gasteiger charge is -2.38. The molecule has 1 atom stereocenters. The molecule has 0 spiro atoms. The maximum atomic E-state index is 13.9. The van der Waals surface area contributed by atoms with Crippen LogP contribution in [0.1, 0.15) is 43.4 Å². The fourth-order valence-corrected chi connectivity index (χ4v) is 3.13. The molecule has 2 N–H and O–H groups in total. The van der Waals surface area contributed by atoms with Gasteiger partial charge >= 0.3 is 12.0 Å². The van der Waals surface area contributed by atoms with E-state index in [4.69, 9.17) is 4.74 Å². The number of carbonyl (C=O) groups excluding carboxylic acids is 1. The quantitative estimate of drug-likeness (QED) is 0.818. The molecule has 0 radical (unpaired) electrons. The van der Waals surface area contributed by atoms with Gasteiger partial charge in [0.25, 0.3) is 0 Å². The lowest BCUT2D eigenvalue weighted by molar-refractivity contribution is -0.318. The van der Waals surface area contributed by atoms with Gasteiger partial charge in [-0.25, -0.2) is 0 Å². The van der Waals surface area contributed by atoms with Gasteiger partial charge in [0.1, 0.15) is 11.4 Å². The van der Waals surface area contributed by atoms with E-state index in [0.29, 0.717) is 11.1 Å². The molecule has 148 valence electrons. The monoisotopic (exact) mass is 391 g/mol. The molecule has 2 aromatic carbocycles. The van der Waals surface area contributed by atoms with Gasteiger partial charge < -0.3 is 15.2 Å². The molecule has 0 saturated heterocycles. The summed E-state index contributed by atoms with van der Waals surface area (Å²) in [6.07, 6.45) is -5.18. The van der Waals surface area contributed by atoms with Crippen molar-refractivity contribution >= 4 is 11.5 Å². The van der Waals surface area contributed by atoms with Crippen molar-refractivity contribution < 1.29 is 27.8 Å². The van der Waals surface area contributed by atoms with Crippen molar-refractivity contribution in [3.8, 4) is 5.75 Å². The van der Waals surface area contributed by atoms with Gasteiger partial charge in [0.05, 0.1) is 0 Å². The van der Waals surface area contributed by atoms with Crippen molar-refractivity contribution in [1.82, 2.24) is 5.32 Å². The predicted molar refractivity (Wildman–Crippen MR) is 98.4 cm³/mol. The molecule has 28 heavy (non-hydrogen) atoms. The largest absolute Gasteiger partial charge is 0.462 e. The molecule has 1 amide bonds. The molecule has 0 aliphatic carbocycles. The molecule has 1 aliphatic rings. The number of rotatable bonds is 3. The molecule has 1 aliphatic heterocycles. The third kappa shape index (κ3) is 3.38. The SMILES string of the molecule is CC(=O)NC1=C(c2ccccc2)c2ccc(C(C)C)cc2OC1(O)C(F)(F)F. The van der Waals surface area contributed by atoms with E-state index >= 15 is 0 Å². The number of hydrogen-bond acceptors (Lipinski definition) is 3. The summed E-state index contributed by atoms with van der Waals surface area (Å²) in [5.41, 5.74) is 0.846. The summed E-state index contributed by atoms with van der Waals surface area (Å²) in [5, 5.41) is 12.8. The normalized spacial score (nSPS) is 19.3. The van der Waals surface area contributed by atoms with Gasteiger partial charge in [-0.3, -0.25) is 4.79 Å². The van der Waals surface area contributed by atoms with Gasteiger partial charge in [0.2, 0.25) is 5.91 Å². The molecule has 0 fully saturated rings. The summed E-state index contributed by atoms with van der Waals surface area (Å²) in [7, 11) is 0. The maximum Gasteiger partial charge on any atom is 0.462 e. The van der Waals surface area contributed by atoms with Gasteiger partial charge in [-0.15, -0.1) is 0 Å². The molecule has 0 bridgehead atoms. The zero-order valence-electron chi connectivity index (χ0n) is 15.6. The van der Waals surface area contributed by atoms with Crippen LogP contribution in [0.4, 0.5) is 13.2 Å². The first-order chi connectivity index (χ1) is 13.0. The summed E-state index contributed by atoms with van der Waals surface area (Å²) in [5.74, 6) is -4.49. The molecule has 4 nitrogen and oxygen atoms in total. The van der Waals surface area contributed by atoms with Crippen molar-refractivity contribution in [3.63, 3.8) is 0 Å². The van der Waals surface area contributed by atoms with Crippen LogP contribution in [0, 0.1) is 0 Å². The fraction of sp³-hybridized carbons (Fsp3) is 0.286. The van der Waals surface area contributed by atoms with E-state index in [2.05, 4.69) is 5.32 Å². The second-order valence-electron chi connectivity index (χ2n) is 6.95. The first kappa shape index (κ1) is 19.9. The van der Waals surface area contributed by atoms with Crippen LogP contribution in [0.2, 0.25) is 0 Å². The smallest absolute Gasteiger partial charge is 0.448 e. The van der Waals surface area contributed by atoms with Gasteiger partial charge in [-0.1, -0.05) is 56.3 Å². The van der Waals surface area contributed by atoms with E-state index in [1.165, 1.54) is 6.07 Å². The molecule has 0 aromatic heterocycles. The lowest BCUT2D eigenvalue weighted by Crippen LogP contribution is -2.57. The van der Waals surface area contributed by atoms with E-state index in [-0.39, 0.29) is 17.2 Å². The van der Waals surface area contributed by atoms with Crippen LogP contribution in [0.3, 0.4) is 0 Å². The minimum atomic E-state index is -5.18. The molecule has 1 unspecified atom stereocenters. The topological polar surface area (TPSA) is 58.6 Å². The highest BCUT2D eigenvalue weighted by Crippen LogP contribution is 2.48. The molecule has 0 saturated carbocycles. The van der Waals surface area contributed by atoms with E-state index in [1.54, 1.807) is 42.5 Å². The minimum absolute atomic E-state index is 0.0498. The Balaban J connectivity index is 2.38. The number of fused-ring (bicyclic) bond motifs is 1. The Morgan fingerprint density at radius 2 is 1.79 bits per heavy atom. The molecule has 2 aromatic rings. The van der Waals surface area contributed by atoms with Crippen molar-refractivity contribution in [1.29, 1.82) is 0 Å². The van der Waals surface area contributed by atoms with Gasteiger partial charge in [0.15, 0.2) is 0 Å². The van der Waals surface area contributed by atoms with Crippen LogP contribution in [0.15, 0.2) is 54.2 Å². The number of amides is 1. The van der Waals surface area contributed by atoms with Crippen LogP contribution in [0.5, 0.6) is 5.75 Å². The number of benzene rings is 2. The number of halogens is 3. The molecular formula is C21H20F3NO3. The van der Waals surface area contributed by atoms with Crippen molar-refractivity contribution in [2.24, 2.45) is 0 Å². The number of alkyl halides is 3. The Labute approximate surface area is 160 Å². The molecule has 3 rings (SSSR count). The van der Waals surface area contributed by atoms with E-state index in [0.717, 1.165) is 12.5 Å². The Hall–Kier alpha value is -2.80. The molecular weight excluding hydrogens is 371 g/mol. The average Bonchev–Trinajstić information content (AvgIpc) is 2.61. The lowest BCUT2D eigenvalue weighted by atomic mass is 9.88. The standard InChI is InChI=1S/C21H20F3NO3/c1-12(2)15-9-10-16-17(11-15)28-20(27,21(22,23)24)19(25-13(3)26)18(16)14-7-5-4-6-8-14/h4-12,27H,1-3H3,(H,25,26). The molecule has 7 heteroatoms. The van der Waals surface area contributed by atoms with Crippen LogP contribution >= 0.6 is 0 Å². The Morgan fingerprint density at radius 1 is 1.14 bits per heavy atom. The highest BCUT2D eigenvalue weighted by molar-refractivity contribution is 5.90. The summed E-state index contributed by atoms with van der Waals surface area (Å²) in [6.45, 7) is 4.87. The van der Waals surface area contributed by atoms with Gasteiger partial charge in [-0.05, 0) is 23.1 Å². The van der Waals surface area contributed by atoms with Gasteiger partial charge in [-0.2, -0.15) is 13.2 Å². The zero-order chi connectivity index (χ0) is 20.7. The van der Waals surface area contributed by atoms with Crippen molar-refractivity contribution in [2.45, 2.75) is 38.7 Å². The number of nitrogens with one attached hydrogen (secondary N) is 1.